The lowest BCUT2D eigenvalue weighted by atomic mass is 10.2. The Morgan fingerprint density at radius 3 is 2.63 bits per heavy atom. The molecule has 2 aliphatic heterocycles. The van der Waals surface area contributed by atoms with Crippen molar-refractivity contribution in [2.45, 2.75) is 25.9 Å². The Morgan fingerprint density at radius 1 is 1.21 bits per heavy atom. The smallest absolute Gasteiger partial charge is 0.222 e. The van der Waals surface area contributed by atoms with E-state index in [-0.39, 0.29) is 12.0 Å². The predicted octanol–water partition coefficient (Wildman–Crippen LogP) is 0.261. The molecule has 2 fully saturated rings. The van der Waals surface area contributed by atoms with Gasteiger partial charge in [-0.15, -0.1) is 0 Å². The number of carbonyl (C=O) groups is 1. The molecule has 1 atom stereocenters. The Labute approximate surface area is 116 Å². The van der Waals surface area contributed by atoms with Gasteiger partial charge in [-0.2, -0.15) is 0 Å². The van der Waals surface area contributed by atoms with Gasteiger partial charge in [0.25, 0.3) is 0 Å². The van der Waals surface area contributed by atoms with Crippen molar-refractivity contribution in [2.24, 2.45) is 0 Å². The summed E-state index contributed by atoms with van der Waals surface area (Å²) in [5.41, 5.74) is 0. The first-order valence-corrected chi connectivity index (χ1v) is 7.49. The van der Waals surface area contributed by atoms with E-state index in [2.05, 4.69) is 23.8 Å². The summed E-state index contributed by atoms with van der Waals surface area (Å²) in [6, 6.07) is 0. The van der Waals surface area contributed by atoms with Gasteiger partial charge in [-0.1, -0.05) is 6.92 Å². The number of hydrogen-bond acceptors (Lipinski definition) is 4. The number of morpholine rings is 1. The average molecular weight is 269 g/mol. The standard InChI is InChI=1S/C14H27N3O2/c1-3-4-14(18)17-9-10-19-13(12-17)11-16-7-5-15(2)6-8-16/h13H,3-12H2,1-2H3. The van der Waals surface area contributed by atoms with Gasteiger partial charge in [0, 0.05) is 52.2 Å². The molecule has 2 saturated heterocycles. The number of nitrogens with zero attached hydrogens (tertiary/aromatic N) is 3. The van der Waals surface area contributed by atoms with Gasteiger partial charge in [-0.05, 0) is 13.5 Å². The Hall–Kier alpha value is -0.650. The van der Waals surface area contributed by atoms with Gasteiger partial charge in [-0.3, -0.25) is 9.69 Å². The van der Waals surface area contributed by atoms with E-state index in [1.807, 2.05) is 4.90 Å². The first-order chi connectivity index (χ1) is 9.19. The van der Waals surface area contributed by atoms with Crippen LogP contribution in [0.2, 0.25) is 0 Å². The van der Waals surface area contributed by atoms with E-state index in [1.165, 1.54) is 0 Å². The molecule has 0 N–H and O–H groups in total. The number of amides is 1. The van der Waals surface area contributed by atoms with Crippen molar-refractivity contribution >= 4 is 5.91 Å². The SMILES string of the molecule is CCCC(=O)N1CCOC(CN2CCN(C)CC2)C1. The summed E-state index contributed by atoms with van der Waals surface area (Å²) in [7, 11) is 2.17. The van der Waals surface area contributed by atoms with E-state index in [4.69, 9.17) is 4.74 Å². The molecule has 1 unspecified atom stereocenters. The van der Waals surface area contributed by atoms with Gasteiger partial charge < -0.3 is 14.5 Å². The lowest BCUT2D eigenvalue weighted by molar-refractivity contribution is -0.139. The number of hydrogen-bond donors (Lipinski definition) is 0. The highest BCUT2D eigenvalue weighted by Gasteiger charge is 2.26. The molecule has 0 aromatic rings. The van der Waals surface area contributed by atoms with Gasteiger partial charge in [0.05, 0.1) is 12.7 Å². The number of piperazine rings is 1. The normalized spacial score (nSPS) is 26.6. The van der Waals surface area contributed by atoms with Crippen LogP contribution in [0.1, 0.15) is 19.8 Å². The van der Waals surface area contributed by atoms with Crippen molar-refractivity contribution in [3.05, 3.63) is 0 Å². The minimum Gasteiger partial charge on any atom is -0.373 e. The minimum atomic E-state index is 0.193. The van der Waals surface area contributed by atoms with Crippen molar-refractivity contribution in [3.63, 3.8) is 0 Å². The lowest BCUT2D eigenvalue weighted by Crippen LogP contribution is -2.52. The molecule has 2 rings (SSSR count). The molecule has 0 aromatic carbocycles. The Kier molecular flexibility index (Phi) is 5.60. The molecule has 2 heterocycles. The lowest BCUT2D eigenvalue weighted by Gasteiger charge is -2.38. The van der Waals surface area contributed by atoms with Crippen molar-refractivity contribution in [1.29, 1.82) is 0 Å². The second-order valence-electron chi connectivity index (χ2n) is 5.69. The molecular formula is C14H27N3O2. The third kappa shape index (κ3) is 4.44. The van der Waals surface area contributed by atoms with Crippen LogP contribution in [-0.2, 0) is 9.53 Å². The summed E-state index contributed by atoms with van der Waals surface area (Å²) in [6.45, 7) is 9.72. The number of ether oxygens (including phenoxy) is 1. The molecule has 110 valence electrons. The Bertz CT molecular complexity index is 290. The quantitative estimate of drug-likeness (QED) is 0.733. The van der Waals surface area contributed by atoms with Crippen LogP contribution < -0.4 is 0 Å². The highest BCUT2D eigenvalue weighted by Crippen LogP contribution is 2.10. The van der Waals surface area contributed by atoms with E-state index >= 15 is 0 Å². The summed E-state index contributed by atoms with van der Waals surface area (Å²) in [4.78, 5) is 18.7. The van der Waals surface area contributed by atoms with Crippen LogP contribution in [0, 0.1) is 0 Å². The van der Waals surface area contributed by atoms with Crippen LogP contribution in [-0.4, -0.2) is 86.2 Å². The van der Waals surface area contributed by atoms with E-state index < -0.39 is 0 Å². The minimum absolute atomic E-state index is 0.193. The fourth-order valence-corrected chi connectivity index (χ4v) is 2.75. The molecule has 5 nitrogen and oxygen atoms in total. The largest absolute Gasteiger partial charge is 0.373 e. The van der Waals surface area contributed by atoms with Crippen molar-refractivity contribution in [2.75, 3.05) is 59.5 Å². The topological polar surface area (TPSA) is 36.0 Å². The zero-order chi connectivity index (χ0) is 13.7. The van der Waals surface area contributed by atoms with Crippen molar-refractivity contribution in [3.8, 4) is 0 Å². The summed E-state index contributed by atoms with van der Waals surface area (Å²) in [6.07, 6.45) is 1.79. The van der Waals surface area contributed by atoms with Crippen LogP contribution in [0.15, 0.2) is 0 Å². The van der Waals surface area contributed by atoms with Gasteiger partial charge in [-0.25, -0.2) is 0 Å². The van der Waals surface area contributed by atoms with Crippen molar-refractivity contribution < 1.29 is 9.53 Å². The maximum absolute atomic E-state index is 11.9. The number of carbonyl (C=O) groups excluding carboxylic acids is 1. The maximum atomic E-state index is 11.9. The monoisotopic (exact) mass is 269 g/mol. The summed E-state index contributed by atoms with van der Waals surface area (Å²) in [5, 5.41) is 0. The van der Waals surface area contributed by atoms with Gasteiger partial charge in [0.1, 0.15) is 0 Å². The van der Waals surface area contributed by atoms with E-state index in [1.54, 1.807) is 0 Å². The molecule has 0 saturated carbocycles. The van der Waals surface area contributed by atoms with Gasteiger partial charge in [0.15, 0.2) is 0 Å². The second kappa shape index (κ2) is 7.22. The van der Waals surface area contributed by atoms with E-state index in [0.717, 1.165) is 52.2 Å². The molecule has 19 heavy (non-hydrogen) atoms. The third-order valence-electron chi connectivity index (χ3n) is 4.01. The highest BCUT2D eigenvalue weighted by molar-refractivity contribution is 5.76. The van der Waals surface area contributed by atoms with E-state index in [0.29, 0.717) is 13.0 Å². The fourth-order valence-electron chi connectivity index (χ4n) is 2.75. The fraction of sp³-hybridized carbons (Fsp3) is 0.929. The Morgan fingerprint density at radius 2 is 1.95 bits per heavy atom. The molecule has 5 heteroatoms. The first kappa shape index (κ1) is 14.8. The molecular weight excluding hydrogens is 242 g/mol. The van der Waals surface area contributed by atoms with Gasteiger partial charge in [0.2, 0.25) is 5.91 Å². The van der Waals surface area contributed by atoms with Crippen LogP contribution in [0.3, 0.4) is 0 Å². The van der Waals surface area contributed by atoms with Gasteiger partial charge >= 0.3 is 0 Å². The first-order valence-electron chi connectivity index (χ1n) is 7.49. The zero-order valence-electron chi connectivity index (χ0n) is 12.3. The van der Waals surface area contributed by atoms with Crippen LogP contribution >= 0.6 is 0 Å². The maximum Gasteiger partial charge on any atom is 0.222 e. The molecule has 0 radical (unpaired) electrons. The Balaban J connectivity index is 1.76. The molecule has 0 spiro atoms. The molecule has 2 aliphatic rings. The molecule has 1 amide bonds. The van der Waals surface area contributed by atoms with Crippen LogP contribution in [0.5, 0.6) is 0 Å². The van der Waals surface area contributed by atoms with Crippen molar-refractivity contribution in [1.82, 2.24) is 14.7 Å². The number of likely N-dealkylation sites (N-methyl/N-ethyl adjacent to an activating group) is 1. The molecule has 0 aromatic heterocycles. The summed E-state index contributed by atoms with van der Waals surface area (Å²) in [5.74, 6) is 0.286. The van der Waals surface area contributed by atoms with E-state index in [9.17, 15) is 4.79 Å². The summed E-state index contributed by atoms with van der Waals surface area (Å²) >= 11 is 0. The predicted molar refractivity (Wildman–Crippen MR) is 75.2 cm³/mol. The highest BCUT2D eigenvalue weighted by atomic mass is 16.5. The second-order valence-corrected chi connectivity index (χ2v) is 5.69. The molecule has 0 bridgehead atoms. The number of rotatable bonds is 4. The zero-order valence-corrected chi connectivity index (χ0v) is 12.3. The van der Waals surface area contributed by atoms with Crippen LogP contribution in [0.25, 0.3) is 0 Å². The van der Waals surface area contributed by atoms with Crippen LogP contribution in [0.4, 0.5) is 0 Å². The summed E-state index contributed by atoms with van der Waals surface area (Å²) < 4.78 is 5.82. The third-order valence-corrected chi connectivity index (χ3v) is 4.01. The molecule has 0 aliphatic carbocycles. The average Bonchev–Trinajstić information content (AvgIpc) is 2.42.